The van der Waals surface area contributed by atoms with E-state index < -0.39 is 0 Å². The number of aromatic nitrogens is 2. The maximum absolute atomic E-state index is 5.48. The van der Waals surface area contributed by atoms with Gasteiger partial charge in [0.2, 0.25) is 11.7 Å². The van der Waals surface area contributed by atoms with Gasteiger partial charge in [-0.25, -0.2) is 0 Å². The summed E-state index contributed by atoms with van der Waals surface area (Å²) >= 11 is 0. The molecule has 0 radical (unpaired) electrons. The zero-order valence-corrected chi connectivity index (χ0v) is 12.3. The molecule has 2 aromatic rings. The Morgan fingerprint density at radius 2 is 2.00 bits per heavy atom. The van der Waals surface area contributed by atoms with E-state index in [1.165, 1.54) is 5.56 Å². The molecule has 4 heteroatoms. The molecule has 1 aromatic heterocycles. The average molecular weight is 271 g/mol. The minimum Gasteiger partial charge on any atom is -0.338 e. The highest BCUT2D eigenvalue weighted by Gasteiger charge is 2.36. The van der Waals surface area contributed by atoms with E-state index in [-0.39, 0.29) is 5.41 Å². The summed E-state index contributed by atoms with van der Waals surface area (Å²) in [5, 5.41) is 7.49. The zero-order chi connectivity index (χ0) is 14.2. The van der Waals surface area contributed by atoms with Crippen LogP contribution >= 0.6 is 0 Å². The van der Waals surface area contributed by atoms with Crippen LogP contribution in [-0.4, -0.2) is 23.2 Å². The highest BCUT2D eigenvalue weighted by Crippen LogP contribution is 2.30. The van der Waals surface area contributed by atoms with Gasteiger partial charge >= 0.3 is 0 Å². The predicted octanol–water partition coefficient (Wildman–Crippen LogP) is 3.11. The van der Waals surface area contributed by atoms with Gasteiger partial charge in [-0.2, -0.15) is 4.98 Å². The lowest BCUT2D eigenvalue weighted by Crippen LogP contribution is -2.25. The van der Waals surface area contributed by atoms with Crippen LogP contribution in [0.1, 0.15) is 44.6 Å². The molecule has 1 fully saturated rings. The van der Waals surface area contributed by atoms with Gasteiger partial charge in [-0.05, 0) is 31.4 Å². The van der Waals surface area contributed by atoms with E-state index in [1.54, 1.807) is 0 Å². The van der Waals surface area contributed by atoms with Crippen molar-refractivity contribution in [1.29, 1.82) is 0 Å². The van der Waals surface area contributed by atoms with E-state index in [0.29, 0.717) is 11.7 Å². The van der Waals surface area contributed by atoms with Gasteiger partial charge in [0.1, 0.15) is 0 Å². The summed E-state index contributed by atoms with van der Waals surface area (Å²) in [4.78, 5) is 4.59. The third-order valence-corrected chi connectivity index (χ3v) is 4.15. The monoisotopic (exact) mass is 271 g/mol. The lowest BCUT2D eigenvalue weighted by atomic mass is 9.90. The molecular weight excluding hydrogens is 250 g/mol. The third-order valence-electron chi connectivity index (χ3n) is 4.15. The van der Waals surface area contributed by atoms with Crippen molar-refractivity contribution in [3.8, 4) is 11.4 Å². The Labute approximate surface area is 119 Å². The van der Waals surface area contributed by atoms with Gasteiger partial charge in [-0.15, -0.1) is 0 Å². The number of hydrogen-bond acceptors (Lipinski definition) is 4. The van der Waals surface area contributed by atoms with Crippen molar-refractivity contribution in [3.05, 3.63) is 35.7 Å². The summed E-state index contributed by atoms with van der Waals surface area (Å²) in [7, 11) is 0. The van der Waals surface area contributed by atoms with Crippen molar-refractivity contribution in [2.24, 2.45) is 0 Å². The Bertz CT molecular complexity index is 580. The molecule has 1 aliphatic heterocycles. The summed E-state index contributed by atoms with van der Waals surface area (Å²) in [5.41, 5.74) is 2.31. The van der Waals surface area contributed by atoms with Crippen LogP contribution in [0, 0.1) is 0 Å². The normalized spacial score (nSPS) is 22.6. The molecule has 0 amide bonds. The molecule has 1 aliphatic rings. The summed E-state index contributed by atoms with van der Waals surface area (Å²) in [6, 6.07) is 8.40. The molecule has 20 heavy (non-hydrogen) atoms. The van der Waals surface area contributed by atoms with Crippen molar-refractivity contribution in [2.45, 2.75) is 38.5 Å². The standard InChI is InChI=1S/C16H21N3O/c1-11(2)12-4-6-13(7-5-12)14-18-15(20-19-14)16(3)8-9-17-10-16/h4-7,11,17H,8-10H2,1-3H3. The predicted molar refractivity (Wildman–Crippen MR) is 78.7 cm³/mol. The Kier molecular flexibility index (Phi) is 3.34. The fraction of sp³-hybridized carbons (Fsp3) is 0.500. The minimum atomic E-state index is -0.0247. The zero-order valence-electron chi connectivity index (χ0n) is 12.3. The van der Waals surface area contributed by atoms with Crippen LogP contribution in [0.25, 0.3) is 11.4 Å². The smallest absolute Gasteiger partial charge is 0.234 e. The quantitative estimate of drug-likeness (QED) is 0.932. The van der Waals surface area contributed by atoms with E-state index >= 15 is 0 Å². The van der Waals surface area contributed by atoms with Crippen molar-refractivity contribution in [1.82, 2.24) is 15.5 Å². The molecule has 1 unspecified atom stereocenters. The Morgan fingerprint density at radius 1 is 1.25 bits per heavy atom. The highest BCUT2D eigenvalue weighted by molar-refractivity contribution is 5.55. The number of nitrogens with one attached hydrogen (secondary N) is 1. The molecule has 1 N–H and O–H groups in total. The van der Waals surface area contributed by atoms with Gasteiger partial charge in [0.25, 0.3) is 0 Å². The van der Waals surface area contributed by atoms with Crippen molar-refractivity contribution >= 4 is 0 Å². The molecule has 4 nitrogen and oxygen atoms in total. The number of benzene rings is 1. The highest BCUT2D eigenvalue weighted by atomic mass is 16.5. The van der Waals surface area contributed by atoms with E-state index in [2.05, 4.69) is 60.5 Å². The van der Waals surface area contributed by atoms with Gasteiger partial charge in [0.05, 0.1) is 5.41 Å². The van der Waals surface area contributed by atoms with E-state index in [0.717, 1.165) is 31.0 Å². The third kappa shape index (κ3) is 2.36. The molecular formula is C16H21N3O. The van der Waals surface area contributed by atoms with E-state index in [1.807, 2.05) is 0 Å². The first kappa shape index (κ1) is 13.3. The molecule has 0 spiro atoms. The van der Waals surface area contributed by atoms with Crippen LogP contribution in [0.3, 0.4) is 0 Å². The number of rotatable bonds is 3. The maximum atomic E-state index is 5.48. The van der Waals surface area contributed by atoms with Gasteiger partial charge < -0.3 is 9.84 Å². The van der Waals surface area contributed by atoms with E-state index in [4.69, 9.17) is 4.52 Å². The van der Waals surface area contributed by atoms with Crippen LogP contribution in [-0.2, 0) is 5.41 Å². The van der Waals surface area contributed by atoms with E-state index in [9.17, 15) is 0 Å². The molecule has 0 aliphatic carbocycles. The van der Waals surface area contributed by atoms with Gasteiger partial charge in [0, 0.05) is 12.1 Å². The lowest BCUT2D eigenvalue weighted by Gasteiger charge is -2.15. The topological polar surface area (TPSA) is 51.0 Å². The molecule has 0 bridgehead atoms. The maximum Gasteiger partial charge on any atom is 0.234 e. The van der Waals surface area contributed by atoms with Crippen LogP contribution in [0.2, 0.25) is 0 Å². The fourth-order valence-electron chi connectivity index (χ4n) is 2.60. The molecule has 1 saturated heterocycles. The Morgan fingerprint density at radius 3 is 2.60 bits per heavy atom. The van der Waals surface area contributed by atoms with Crippen molar-refractivity contribution in [3.63, 3.8) is 0 Å². The molecule has 1 aromatic carbocycles. The van der Waals surface area contributed by atoms with Crippen LogP contribution in [0.5, 0.6) is 0 Å². The lowest BCUT2D eigenvalue weighted by molar-refractivity contribution is 0.306. The first-order chi connectivity index (χ1) is 9.58. The fourth-order valence-corrected chi connectivity index (χ4v) is 2.60. The summed E-state index contributed by atoms with van der Waals surface area (Å²) in [6.45, 7) is 8.47. The molecule has 1 atom stereocenters. The van der Waals surface area contributed by atoms with Crippen LogP contribution in [0.15, 0.2) is 28.8 Å². The summed E-state index contributed by atoms with van der Waals surface area (Å²) in [5.74, 6) is 1.96. The molecule has 106 valence electrons. The molecule has 3 rings (SSSR count). The first-order valence-corrected chi connectivity index (χ1v) is 7.24. The number of nitrogens with zero attached hydrogens (tertiary/aromatic N) is 2. The largest absolute Gasteiger partial charge is 0.338 e. The molecule has 2 heterocycles. The first-order valence-electron chi connectivity index (χ1n) is 7.24. The second-order valence-electron chi connectivity index (χ2n) is 6.19. The van der Waals surface area contributed by atoms with Gasteiger partial charge in [-0.1, -0.05) is 43.3 Å². The van der Waals surface area contributed by atoms with Crippen LogP contribution in [0.4, 0.5) is 0 Å². The molecule has 0 saturated carbocycles. The van der Waals surface area contributed by atoms with Gasteiger partial charge in [0.15, 0.2) is 0 Å². The van der Waals surface area contributed by atoms with Gasteiger partial charge in [-0.3, -0.25) is 0 Å². The van der Waals surface area contributed by atoms with Crippen molar-refractivity contribution in [2.75, 3.05) is 13.1 Å². The SMILES string of the molecule is CC(C)c1ccc(-c2noc(C3(C)CCNC3)n2)cc1. The second-order valence-corrected chi connectivity index (χ2v) is 6.19. The summed E-state index contributed by atoms with van der Waals surface area (Å²) in [6.07, 6.45) is 1.04. The summed E-state index contributed by atoms with van der Waals surface area (Å²) < 4.78 is 5.48. The Hall–Kier alpha value is -1.68. The van der Waals surface area contributed by atoms with Crippen molar-refractivity contribution < 1.29 is 4.52 Å². The second kappa shape index (κ2) is 5.02. The average Bonchev–Trinajstić information content (AvgIpc) is 3.08. The minimum absolute atomic E-state index is 0.0247. The number of hydrogen-bond donors (Lipinski definition) is 1. The van der Waals surface area contributed by atoms with Crippen LogP contribution < -0.4 is 5.32 Å². The Balaban J connectivity index is 1.86.